The largest absolute Gasteiger partial charge is 0.310 e. The number of benzene rings is 10. The molecular formula is C69H57N3S. The van der Waals surface area contributed by atoms with E-state index in [4.69, 9.17) is 0 Å². The molecule has 0 radical (unpaired) electrons. The molecule has 3 nitrogen and oxygen atoms in total. The first kappa shape index (κ1) is 44.7. The number of thiophene rings is 1. The average Bonchev–Trinajstić information content (AvgIpc) is 3.93. The van der Waals surface area contributed by atoms with Crippen molar-refractivity contribution in [3.8, 4) is 11.1 Å². The summed E-state index contributed by atoms with van der Waals surface area (Å²) in [6.45, 7) is 13.7. The topological polar surface area (TPSA) is 9.72 Å². The third-order valence-electron chi connectivity index (χ3n) is 15.4. The zero-order valence-electron chi connectivity index (χ0n) is 42.3. The molecule has 10 aromatic carbocycles. The highest BCUT2D eigenvalue weighted by Gasteiger charge is 2.52. The summed E-state index contributed by atoms with van der Waals surface area (Å²) in [5, 5.41) is 2.49. The van der Waals surface area contributed by atoms with Crippen LogP contribution >= 0.6 is 11.3 Å². The smallest absolute Gasteiger partial charge is 0.0755 e. The van der Waals surface area contributed by atoms with Crippen molar-refractivity contribution in [2.24, 2.45) is 0 Å². The molecule has 0 atom stereocenters. The van der Waals surface area contributed by atoms with Crippen molar-refractivity contribution >= 4 is 82.7 Å². The van der Waals surface area contributed by atoms with Gasteiger partial charge in [0, 0.05) is 59.9 Å². The lowest BCUT2D eigenvalue weighted by Gasteiger charge is -2.45. The Labute approximate surface area is 433 Å². The molecule has 4 heteroatoms. The Balaban J connectivity index is 1.00. The van der Waals surface area contributed by atoms with E-state index in [0.717, 1.165) is 39.8 Å². The van der Waals surface area contributed by atoms with Gasteiger partial charge in [-0.3, -0.25) is 0 Å². The molecule has 1 aromatic heterocycles. The van der Waals surface area contributed by atoms with Gasteiger partial charge in [0.15, 0.2) is 0 Å². The van der Waals surface area contributed by atoms with Gasteiger partial charge < -0.3 is 14.7 Å². The molecule has 0 saturated carbocycles. The van der Waals surface area contributed by atoms with Crippen LogP contribution in [0.1, 0.15) is 74.9 Å². The van der Waals surface area contributed by atoms with Crippen LogP contribution in [0.4, 0.5) is 51.2 Å². The van der Waals surface area contributed by atoms with Crippen LogP contribution in [-0.4, -0.2) is 0 Å². The first-order chi connectivity index (χ1) is 35.5. The molecular weight excluding hydrogens is 903 g/mol. The zero-order valence-corrected chi connectivity index (χ0v) is 43.1. The number of rotatable bonds is 7. The molecule has 73 heavy (non-hydrogen) atoms. The van der Waals surface area contributed by atoms with Crippen molar-refractivity contribution in [3.63, 3.8) is 0 Å². The normalized spacial score (nSPS) is 13.4. The first-order valence-corrected chi connectivity index (χ1v) is 26.4. The Hall–Kier alpha value is -8.18. The van der Waals surface area contributed by atoms with E-state index in [1.807, 2.05) is 11.3 Å². The third kappa shape index (κ3) is 7.14. The summed E-state index contributed by atoms with van der Waals surface area (Å²) in [5.74, 6) is 0. The highest BCUT2D eigenvalue weighted by atomic mass is 32.1. The van der Waals surface area contributed by atoms with E-state index in [1.54, 1.807) is 0 Å². The maximum Gasteiger partial charge on any atom is 0.0755 e. The van der Waals surface area contributed by atoms with Crippen LogP contribution in [0, 0.1) is 0 Å². The van der Waals surface area contributed by atoms with Crippen LogP contribution in [0.25, 0.3) is 31.3 Å². The molecule has 1 spiro atoms. The number of hydrogen-bond acceptors (Lipinski definition) is 4. The fourth-order valence-corrected chi connectivity index (χ4v) is 12.9. The minimum atomic E-state index is -0.571. The van der Waals surface area contributed by atoms with Crippen LogP contribution < -0.4 is 14.7 Å². The van der Waals surface area contributed by atoms with Crippen molar-refractivity contribution in [2.75, 3.05) is 14.7 Å². The number of para-hydroxylation sites is 4. The van der Waals surface area contributed by atoms with Gasteiger partial charge in [-0.1, -0.05) is 175 Å². The maximum atomic E-state index is 2.50. The van der Waals surface area contributed by atoms with E-state index in [0.29, 0.717) is 0 Å². The van der Waals surface area contributed by atoms with Gasteiger partial charge in [0.1, 0.15) is 0 Å². The molecule has 0 saturated heterocycles. The van der Waals surface area contributed by atoms with E-state index in [9.17, 15) is 0 Å². The molecule has 0 fully saturated rings. The van der Waals surface area contributed by atoms with Crippen LogP contribution in [0.3, 0.4) is 0 Å². The van der Waals surface area contributed by atoms with Crippen molar-refractivity contribution in [1.82, 2.24) is 0 Å². The Bertz CT molecular complexity index is 3770. The van der Waals surface area contributed by atoms with E-state index in [1.165, 1.54) is 76.1 Å². The quantitative estimate of drug-likeness (QED) is 0.158. The summed E-state index contributed by atoms with van der Waals surface area (Å²) in [7, 11) is 0. The van der Waals surface area contributed by atoms with Gasteiger partial charge in [-0.15, -0.1) is 11.3 Å². The fraction of sp³-hybridized carbons (Fsp3) is 0.130. The average molecular weight is 960 g/mol. The molecule has 2 aliphatic rings. The van der Waals surface area contributed by atoms with Crippen molar-refractivity contribution in [3.05, 3.63) is 270 Å². The second-order valence-corrected chi connectivity index (χ2v) is 22.8. The monoisotopic (exact) mass is 959 g/mol. The molecule has 13 rings (SSSR count). The lowest BCUT2D eigenvalue weighted by Crippen LogP contribution is -2.36. The molecule has 2 heterocycles. The van der Waals surface area contributed by atoms with Crippen molar-refractivity contribution < 1.29 is 0 Å². The summed E-state index contributed by atoms with van der Waals surface area (Å²) in [6, 6.07) is 88.5. The molecule has 0 unspecified atom stereocenters. The van der Waals surface area contributed by atoms with Gasteiger partial charge >= 0.3 is 0 Å². The van der Waals surface area contributed by atoms with E-state index < -0.39 is 5.41 Å². The van der Waals surface area contributed by atoms with Crippen LogP contribution in [-0.2, 0) is 16.2 Å². The zero-order chi connectivity index (χ0) is 49.6. The summed E-state index contributed by atoms with van der Waals surface area (Å²) in [4.78, 5) is 7.37. The number of nitrogens with zero attached hydrogens (tertiary/aromatic N) is 3. The van der Waals surface area contributed by atoms with Gasteiger partial charge in [0.2, 0.25) is 0 Å². The SMILES string of the molecule is CC(C)(C)c1ccc(N(c2ccc(C(C)(C)C)cc2)c2ccc3sc4ccc(N(c5ccccc5)c5cccc6c5-c5ccccc5C65c6ccccc6N(c6ccccc6)c6ccccc65)cc4c3c2)cc1. The van der Waals surface area contributed by atoms with Crippen LogP contribution in [0.5, 0.6) is 0 Å². The number of anilines is 9. The van der Waals surface area contributed by atoms with Crippen LogP contribution in [0.2, 0.25) is 0 Å². The minimum absolute atomic E-state index is 0.0550. The second kappa shape index (κ2) is 17.0. The first-order valence-electron chi connectivity index (χ1n) is 25.6. The van der Waals surface area contributed by atoms with Gasteiger partial charge in [0.25, 0.3) is 0 Å². The Morgan fingerprint density at radius 3 is 1.36 bits per heavy atom. The van der Waals surface area contributed by atoms with Crippen molar-refractivity contribution in [1.29, 1.82) is 0 Å². The highest BCUT2D eigenvalue weighted by molar-refractivity contribution is 7.25. The molecule has 354 valence electrons. The van der Waals surface area contributed by atoms with Crippen molar-refractivity contribution in [2.45, 2.75) is 57.8 Å². The summed E-state index contributed by atoms with van der Waals surface area (Å²) >= 11 is 1.86. The van der Waals surface area contributed by atoms with Gasteiger partial charge in [-0.25, -0.2) is 0 Å². The van der Waals surface area contributed by atoms with Gasteiger partial charge in [-0.05, 0) is 153 Å². The fourth-order valence-electron chi connectivity index (χ4n) is 11.9. The summed E-state index contributed by atoms with van der Waals surface area (Å²) in [5.41, 5.74) is 20.1. The lowest BCUT2D eigenvalue weighted by atomic mass is 9.64. The lowest BCUT2D eigenvalue weighted by molar-refractivity contribution is 0.590. The number of hydrogen-bond donors (Lipinski definition) is 0. The highest BCUT2D eigenvalue weighted by Crippen LogP contribution is 2.65. The number of fused-ring (bicyclic) bond motifs is 12. The van der Waals surface area contributed by atoms with Gasteiger partial charge in [0.05, 0.1) is 22.5 Å². The summed E-state index contributed by atoms with van der Waals surface area (Å²) < 4.78 is 2.53. The molecule has 1 aliphatic heterocycles. The standard InChI is InChI=1S/C69H57N3S/c1-67(2,3)46-32-36-50(37-33-46)70(51-38-34-47(35-39-51)68(4,5)6)52-40-42-64-55(44-52)56-45-53(41-43-65(56)73-64)71(48-20-9-7-10-21-48)63-31-19-28-60-66(63)54-24-13-14-25-57(54)69(60)58-26-15-17-29-61(58)72(49-22-11-8-12-23-49)62-30-18-16-27-59(62)69/h7-45H,1-6H3. The van der Waals surface area contributed by atoms with Crippen LogP contribution in [0.15, 0.2) is 237 Å². The second-order valence-electron chi connectivity index (χ2n) is 21.8. The molecule has 0 N–H and O–H groups in total. The van der Waals surface area contributed by atoms with E-state index >= 15 is 0 Å². The maximum absolute atomic E-state index is 2.50. The predicted octanol–water partition coefficient (Wildman–Crippen LogP) is 19.7. The van der Waals surface area contributed by atoms with Gasteiger partial charge in [-0.2, -0.15) is 0 Å². The Kier molecular flexibility index (Phi) is 10.4. The molecule has 11 aromatic rings. The Morgan fingerprint density at radius 2 is 0.808 bits per heavy atom. The Morgan fingerprint density at radius 1 is 0.370 bits per heavy atom. The van der Waals surface area contributed by atoms with E-state index in [2.05, 4.69) is 293 Å². The summed E-state index contributed by atoms with van der Waals surface area (Å²) in [6.07, 6.45) is 0. The van der Waals surface area contributed by atoms with E-state index in [-0.39, 0.29) is 10.8 Å². The molecule has 1 aliphatic carbocycles. The minimum Gasteiger partial charge on any atom is -0.310 e. The molecule has 0 amide bonds. The third-order valence-corrected chi connectivity index (χ3v) is 16.5. The predicted molar refractivity (Wildman–Crippen MR) is 312 cm³/mol. The molecule has 0 bridgehead atoms.